The molecule has 11 heavy (non-hydrogen) atoms. The molecule has 0 bridgehead atoms. The third-order valence-corrected chi connectivity index (χ3v) is 2.08. The molecule has 1 unspecified atom stereocenters. The molecule has 0 aliphatic carbocycles. The van der Waals surface area contributed by atoms with Crippen LogP contribution in [0.5, 0.6) is 0 Å². The van der Waals surface area contributed by atoms with Gasteiger partial charge in [0.25, 0.3) is 0 Å². The first-order chi connectivity index (χ1) is 5.09. The summed E-state index contributed by atoms with van der Waals surface area (Å²) in [5.74, 6) is -0.943. The first kappa shape index (κ1) is 10.6. The maximum absolute atomic E-state index is 10.4. The molecule has 3 heteroatoms. The van der Waals surface area contributed by atoms with Crippen LogP contribution in [0.1, 0.15) is 26.2 Å². The Bertz CT molecular complexity index is 154. The lowest BCUT2D eigenvalue weighted by atomic mass is 10.1. The number of carboxylic acids is 1. The highest BCUT2D eigenvalue weighted by Gasteiger charge is 2.12. The number of aliphatic carboxylic acids is 1. The molecule has 1 N–H and O–H groups in total. The predicted octanol–water partition coefficient (Wildman–Crippen LogP) is 2.12. The quantitative estimate of drug-likeness (QED) is 0.495. The number of carbonyl (C=O) groups is 1. The zero-order chi connectivity index (χ0) is 8.85. The first-order valence-corrected chi connectivity index (χ1v) is 4.21. The van der Waals surface area contributed by atoms with E-state index in [0.717, 1.165) is 19.3 Å². The number of carboxylic acid groups (broad SMARTS) is 1. The van der Waals surface area contributed by atoms with Crippen LogP contribution in [0.25, 0.3) is 0 Å². The van der Waals surface area contributed by atoms with Gasteiger partial charge in [-0.25, -0.2) is 4.79 Å². The molecular weight excluding hydrogens is 160 g/mol. The lowest BCUT2D eigenvalue weighted by Crippen LogP contribution is -2.11. The molecule has 0 aromatic carbocycles. The number of rotatable bonds is 5. The zero-order valence-electron chi connectivity index (χ0n) is 6.71. The fourth-order valence-electron chi connectivity index (χ4n) is 0.714. The van der Waals surface area contributed by atoms with Gasteiger partial charge in [-0.1, -0.05) is 26.3 Å². The van der Waals surface area contributed by atoms with E-state index in [1.54, 1.807) is 0 Å². The third-order valence-electron chi connectivity index (χ3n) is 1.51. The summed E-state index contributed by atoms with van der Waals surface area (Å²) in [6.07, 6.45) is 2.86. The predicted molar refractivity (Wildman–Crippen MR) is 49.1 cm³/mol. The van der Waals surface area contributed by atoms with Gasteiger partial charge in [0.2, 0.25) is 0 Å². The Morgan fingerprint density at radius 3 is 2.64 bits per heavy atom. The van der Waals surface area contributed by atoms with E-state index >= 15 is 0 Å². The van der Waals surface area contributed by atoms with E-state index in [1.807, 2.05) is 0 Å². The molecule has 0 fully saturated rings. The van der Waals surface area contributed by atoms with Gasteiger partial charge in [-0.3, -0.25) is 0 Å². The molecule has 64 valence electrons. The Morgan fingerprint density at radius 2 is 2.27 bits per heavy atom. The minimum Gasteiger partial charge on any atom is -0.478 e. The second-order valence-electron chi connectivity index (χ2n) is 2.49. The Labute approximate surface area is 72.7 Å². The van der Waals surface area contributed by atoms with Crippen LogP contribution in [0.15, 0.2) is 12.2 Å². The van der Waals surface area contributed by atoms with Gasteiger partial charge in [0.05, 0.1) is 0 Å². The van der Waals surface area contributed by atoms with Crippen LogP contribution in [-0.4, -0.2) is 16.3 Å². The van der Waals surface area contributed by atoms with Crippen molar-refractivity contribution in [2.45, 2.75) is 31.4 Å². The van der Waals surface area contributed by atoms with E-state index < -0.39 is 5.97 Å². The van der Waals surface area contributed by atoms with Crippen molar-refractivity contribution in [1.82, 2.24) is 0 Å². The first-order valence-electron chi connectivity index (χ1n) is 3.69. The second kappa shape index (κ2) is 5.24. The Balaban J connectivity index is 3.73. The molecule has 0 aliphatic heterocycles. The Kier molecular flexibility index (Phi) is 5.03. The number of hydrogen-bond donors (Lipinski definition) is 2. The fraction of sp³-hybridized carbons (Fsp3) is 0.625. The SMILES string of the molecule is C=C(C(=O)O)C(S)CCCC. The van der Waals surface area contributed by atoms with Crippen molar-refractivity contribution in [1.29, 1.82) is 0 Å². The zero-order valence-corrected chi connectivity index (χ0v) is 7.60. The molecular formula is C8H14O2S. The summed E-state index contributed by atoms with van der Waals surface area (Å²) < 4.78 is 0. The number of hydrogen-bond acceptors (Lipinski definition) is 2. The van der Waals surface area contributed by atoms with E-state index in [0.29, 0.717) is 0 Å². The van der Waals surface area contributed by atoms with Crippen LogP contribution < -0.4 is 0 Å². The van der Waals surface area contributed by atoms with E-state index in [4.69, 9.17) is 5.11 Å². The molecule has 0 amide bonds. The van der Waals surface area contributed by atoms with Crippen molar-refractivity contribution in [2.75, 3.05) is 0 Å². The highest BCUT2D eigenvalue weighted by Crippen LogP contribution is 2.14. The van der Waals surface area contributed by atoms with Crippen LogP contribution in [0.4, 0.5) is 0 Å². The maximum Gasteiger partial charge on any atom is 0.332 e. The monoisotopic (exact) mass is 174 g/mol. The average Bonchev–Trinajstić information content (AvgIpc) is 1.98. The van der Waals surface area contributed by atoms with Crippen molar-refractivity contribution in [2.24, 2.45) is 0 Å². The van der Waals surface area contributed by atoms with E-state index in [2.05, 4.69) is 26.1 Å². The standard InChI is InChI=1S/C8H14O2S/c1-3-4-5-7(11)6(2)8(9)10/h7,11H,2-5H2,1H3,(H,9,10). The Morgan fingerprint density at radius 1 is 1.73 bits per heavy atom. The summed E-state index contributed by atoms with van der Waals surface area (Å²) in [7, 11) is 0. The second-order valence-corrected chi connectivity index (χ2v) is 3.11. The summed E-state index contributed by atoms with van der Waals surface area (Å²) in [5.41, 5.74) is 0.196. The lowest BCUT2D eigenvalue weighted by Gasteiger charge is -2.08. The van der Waals surface area contributed by atoms with Gasteiger partial charge in [-0.05, 0) is 6.42 Å². The summed E-state index contributed by atoms with van der Waals surface area (Å²) in [4.78, 5) is 10.4. The summed E-state index contributed by atoms with van der Waals surface area (Å²) in [5, 5.41) is 8.32. The van der Waals surface area contributed by atoms with E-state index in [9.17, 15) is 4.79 Å². The molecule has 0 spiro atoms. The van der Waals surface area contributed by atoms with Gasteiger partial charge in [-0.15, -0.1) is 0 Å². The van der Waals surface area contributed by atoms with Crippen LogP contribution in [0, 0.1) is 0 Å². The van der Waals surface area contributed by atoms with Crippen LogP contribution in [0.2, 0.25) is 0 Å². The highest BCUT2D eigenvalue weighted by atomic mass is 32.1. The van der Waals surface area contributed by atoms with Crippen LogP contribution >= 0.6 is 12.6 Å². The molecule has 0 aromatic heterocycles. The van der Waals surface area contributed by atoms with Gasteiger partial charge in [0, 0.05) is 10.8 Å². The molecule has 0 saturated heterocycles. The van der Waals surface area contributed by atoms with Gasteiger partial charge in [-0.2, -0.15) is 12.6 Å². The summed E-state index contributed by atoms with van der Waals surface area (Å²) in [6.45, 7) is 5.49. The summed E-state index contributed by atoms with van der Waals surface area (Å²) in [6, 6.07) is 0. The highest BCUT2D eigenvalue weighted by molar-refractivity contribution is 7.81. The van der Waals surface area contributed by atoms with Crippen molar-refractivity contribution in [3.05, 3.63) is 12.2 Å². The molecule has 1 atom stereocenters. The minimum atomic E-state index is -0.943. The largest absolute Gasteiger partial charge is 0.478 e. The number of thiol groups is 1. The fourth-order valence-corrected chi connectivity index (χ4v) is 1.01. The molecule has 0 aliphatic rings. The number of unbranched alkanes of at least 4 members (excludes halogenated alkanes) is 1. The van der Waals surface area contributed by atoms with Crippen molar-refractivity contribution >= 4 is 18.6 Å². The van der Waals surface area contributed by atoms with Gasteiger partial charge in [0.15, 0.2) is 0 Å². The third kappa shape index (κ3) is 4.09. The van der Waals surface area contributed by atoms with Crippen molar-refractivity contribution in [3.63, 3.8) is 0 Å². The van der Waals surface area contributed by atoms with E-state index in [-0.39, 0.29) is 10.8 Å². The molecule has 0 aromatic rings. The average molecular weight is 174 g/mol. The molecule has 0 saturated carbocycles. The van der Waals surface area contributed by atoms with E-state index in [1.165, 1.54) is 0 Å². The molecule has 0 radical (unpaired) electrons. The topological polar surface area (TPSA) is 37.3 Å². The van der Waals surface area contributed by atoms with Crippen molar-refractivity contribution in [3.8, 4) is 0 Å². The van der Waals surface area contributed by atoms with Crippen LogP contribution in [-0.2, 0) is 4.79 Å². The van der Waals surface area contributed by atoms with Gasteiger partial charge < -0.3 is 5.11 Å². The van der Waals surface area contributed by atoms with Gasteiger partial charge >= 0.3 is 5.97 Å². The minimum absolute atomic E-state index is 0.188. The molecule has 2 nitrogen and oxygen atoms in total. The smallest absolute Gasteiger partial charge is 0.332 e. The Hall–Kier alpha value is -0.440. The van der Waals surface area contributed by atoms with Crippen LogP contribution in [0.3, 0.4) is 0 Å². The summed E-state index contributed by atoms with van der Waals surface area (Å²) >= 11 is 4.12. The lowest BCUT2D eigenvalue weighted by molar-refractivity contribution is -0.132. The van der Waals surface area contributed by atoms with Crippen molar-refractivity contribution < 1.29 is 9.90 Å². The molecule has 0 rings (SSSR count). The molecule has 0 heterocycles. The van der Waals surface area contributed by atoms with Gasteiger partial charge in [0.1, 0.15) is 0 Å². The maximum atomic E-state index is 10.4. The normalized spacial score (nSPS) is 12.5.